The van der Waals surface area contributed by atoms with E-state index in [0.29, 0.717) is 12.2 Å². The Morgan fingerprint density at radius 2 is 2.16 bits per heavy atom. The lowest BCUT2D eigenvalue weighted by Gasteiger charge is -2.17. The molecule has 0 radical (unpaired) electrons. The zero-order chi connectivity index (χ0) is 14.0. The van der Waals surface area contributed by atoms with Gasteiger partial charge in [0.2, 0.25) is 5.91 Å². The highest BCUT2D eigenvalue weighted by molar-refractivity contribution is 7.86. The van der Waals surface area contributed by atoms with Gasteiger partial charge in [0.1, 0.15) is 0 Å². The van der Waals surface area contributed by atoms with E-state index in [1.807, 2.05) is 6.07 Å². The van der Waals surface area contributed by atoms with E-state index in [1.54, 1.807) is 18.2 Å². The highest BCUT2D eigenvalue weighted by Gasteiger charge is 2.33. The molecule has 1 heterocycles. The molecule has 19 heavy (non-hydrogen) atoms. The highest BCUT2D eigenvalue weighted by atomic mass is 32.3. The van der Waals surface area contributed by atoms with E-state index >= 15 is 0 Å². The summed E-state index contributed by atoms with van der Waals surface area (Å²) in [5.74, 6) is -1.29. The average molecular weight is 286 g/mol. The summed E-state index contributed by atoms with van der Waals surface area (Å²) in [6.45, 7) is 0.578. The largest absolute Gasteiger partial charge is 0.326 e. The Labute approximate surface area is 111 Å². The number of hydrogen-bond acceptors (Lipinski definition) is 4. The van der Waals surface area contributed by atoms with Crippen LogP contribution in [-0.4, -0.2) is 26.6 Å². The first-order valence-corrected chi connectivity index (χ1v) is 7.46. The molecule has 0 saturated carbocycles. The first-order chi connectivity index (χ1) is 8.89. The fourth-order valence-electron chi connectivity index (χ4n) is 2.28. The number of hydrogen-bond donors (Lipinski definition) is 1. The first kappa shape index (κ1) is 14.0. The maximum Gasteiger partial charge on any atom is 0.302 e. The van der Waals surface area contributed by atoms with Gasteiger partial charge in [-0.3, -0.25) is 4.79 Å². The van der Waals surface area contributed by atoms with Gasteiger partial charge in [-0.2, -0.15) is 8.42 Å². The quantitative estimate of drug-likeness (QED) is 0.830. The number of anilines is 1. The molecule has 0 aliphatic carbocycles. The lowest BCUT2D eigenvalue weighted by Crippen LogP contribution is -2.25. The normalized spacial score (nSPS) is 20.0. The second kappa shape index (κ2) is 5.26. The van der Waals surface area contributed by atoms with Crippen molar-refractivity contribution < 1.29 is 17.1 Å². The molecule has 7 heteroatoms. The van der Waals surface area contributed by atoms with Crippen LogP contribution < -0.4 is 10.6 Å². The molecule has 1 amide bonds. The monoisotopic (exact) mass is 286 g/mol. The minimum atomic E-state index is -4.55. The third kappa shape index (κ3) is 3.51. The number of nitrogens with zero attached hydrogens (tertiary/aromatic N) is 1. The van der Waals surface area contributed by atoms with Gasteiger partial charge in [-0.1, -0.05) is 12.1 Å². The molecule has 1 aliphatic heterocycles. The Morgan fingerprint density at radius 1 is 1.42 bits per heavy atom. The lowest BCUT2D eigenvalue weighted by atomic mass is 10.1. The highest BCUT2D eigenvalue weighted by Crippen LogP contribution is 2.26. The Hall–Kier alpha value is -1.47. The summed E-state index contributed by atoms with van der Waals surface area (Å²) < 4.78 is 33.9. The summed E-state index contributed by atoms with van der Waals surface area (Å²) in [4.78, 5) is 13.3. The molecule has 2 rings (SSSR count). The number of halogens is 1. The molecule has 1 saturated heterocycles. The minimum Gasteiger partial charge on any atom is -0.326 e. The smallest absolute Gasteiger partial charge is 0.302 e. The lowest BCUT2D eigenvalue weighted by molar-refractivity contribution is -0.117. The van der Waals surface area contributed by atoms with E-state index in [-0.39, 0.29) is 18.9 Å². The fraction of sp³-hybridized carbons (Fsp3) is 0.417. The van der Waals surface area contributed by atoms with Gasteiger partial charge >= 0.3 is 10.2 Å². The zero-order valence-electron chi connectivity index (χ0n) is 10.3. The van der Waals surface area contributed by atoms with Gasteiger partial charge < -0.3 is 10.6 Å². The van der Waals surface area contributed by atoms with Crippen LogP contribution in [0.25, 0.3) is 0 Å². The molecule has 1 aromatic rings. The van der Waals surface area contributed by atoms with E-state index < -0.39 is 21.9 Å². The Kier molecular flexibility index (Phi) is 3.86. The van der Waals surface area contributed by atoms with Crippen molar-refractivity contribution in [2.75, 3.05) is 17.2 Å². The number of nitrogens with two attached hydrogens (primary N) is 1. The van der Waals surface area contributed by atoms with Gasteiger partial charge in [0, 0.05) is 31.1 Å². The van der Waals surface area contributed by atoms with Crippen molar-refractivity contribution in [2.45, 2.75) is 13.0 Å². The summed E-state index contributed by atoms with van der Waals surface area (Å²) in [6.07, 6.45) is 0.0516. The van der Waals surface area contributed by atoms with Crippen molar-refractivity contribution in [3.05, 3.63) is 29.8 Å². The topological polar surface area (TPSA) is 80.5 Å². The summed E-state index contributed by atoms with van der Waals surface area (Å²) in [5.41, 5.74) is 7.08. The molecule has 5 nitrogen and oxygen atoms in total. The van der Waals surface area contributed by atoms with Crippen LogP contribution in [0, 0.1) is 5.92 Å². The third-order valence-electron chi connectivity index (χ3n) is 3.10. The van der Waals surface area contributed by atoms with E-state index in [2.05, 4.69) is 0 Å². The minimum absolute atomic E-state index is 0.0516. The van der Waals surface area contributed by atoms with Crippen LogP contribution in [-0.2, 0) is 21.6 Å². The zero-order valence-corrected chi connectivity index (χ0v) is 11.1. The van der Waals surface area contributed by atoms with Crippen LogP contribution in [0.15, 0.2) is 24.3 Å². The van der Waals surface area contributed by atoms with Crippen LogP contribution in [0.2, 0.25) is 0 Å². The van der Waals surface area contributed by atoms with Gasteiger partial charge in [0.15, 0.2) is 0 Å². The molecule has 1 aromatic carbocycles. The second-order valence-corrected chi connectivity index (χ2v) is 6.07. The van der Waals surface area contributed by atoms with Gasteiger partial charge in [0.05, 0.1) is 5.75 Å². The predicted octanol–water partition coefficient (Wildman–Crippen LogP) is 0.797. The van der Waals surface area contributed by atoms with Crippen molar-refractivity contribution in [3.63, 3.8) is 0 Å². The molecular weight excluding hydrogens is 271 g/mol. The van der Waals surface area contributed by atoms with Crippen molar-refractivity contribution in [1.82, 2.24) is 0 Å². The SMILES string of the molecule is NCc1cccc(N2CC(CS(=O)(=O)F)CC2=O)c1. The molecule has 2 N–H and O–H groups in total. The Balaban J connectivity index is 2.15. The van der Waals surface area contributed by atoms with E-state index in [1.165, 1.54) is 4.90 Å². The standard InChI is InChI=1S/C12H15FN2O3S/c13-19(17,18)8-10-5-12(16)15(7-10)11-3-1-2-9(4-11)6-14/h1-4,10H,5-8,14H2. The Bertz CT molecular complexity index is 588. The molecule has 0 spiro atoms. The van der Waals surface area contributed by atoms with Crippen LogP contribution >= 0.6 is 0 Å². The molecule has 1 atom stereocenters. The summed E-state index contributed by atoms with van der Waals surface area (Å²) in [7, 11) is -4.55. The summed E-state index contributed by atoms with van der Waals surface area (Å²) in [6, 6.07) is 7.16. The van der Waals surface area contributed by atoms with E-state index in [0.717, 1.165) is 5.56 Å². The molecule has 104 valence electrons. The Morgan fingerprint density at radius 3 is 2.79 bits per heavy atom. The average Bonchev–Trinajstić information content (AvgIpc) is 2.68. The molecule has 1 aliphatic rings. The molecule has 0 bridgehead atoms. The van der Waals surface area contributed by atoms with Crippen molar-refractivity contribution in [2.24, 2.45) is 11.7 Å². The number of amides is 1. The number of carbonyl (C=O) groups is 1. The summed E-state index contributed by atoms with van der Waals surface area (Å²) in [5, 5.41) is 0. The first-order valence-electron chi connectivity index (χ1n) is 5.91. The number of rotatable bonds is 4. The van der Waals surface area contributed by atoms with Gasteiger partial charge in [-0.05, 0) is 17.7 Å². The second-order valence-electron chi connectivity index (χ2n) is 4.65. The number of benzene rings is 1. The fourth-order valence-corrected chi connectivity index (χ4v) is 3.06. The summed E-state index contributed by atoms with van der Waals surface area (Å²) >= 11 is 0. The van der Waals surface area contributed by atoms with Crippen LogP contribution in [0.1, 0.15) is 12.0 Å². The van der Waals surface area contributed by atoms with Crippen molar-refractivity contribution in [3.8, 4) is 0 Å². The maximum absolute atomic E-state index is 12.6. The van der Waals surface area contributed by atoms with Gasteiger partial charge in [-0.15, -0.1) is 3.89 Å². The van der Waals surface area contributed by atoms with E-state index in [9.17, 15) is 17.1 Å². The van der Waals surface area contributed by atoms with Crippen molar-refractivity contribution >= 4 is 21.8 Å². The predicted molar refractivity (Wildman–Crippen MR) is 69.7 cm³/mol. The van der Waals surface area contributed by atoms with Crippen LogP contribution in [0.4, 0.5) is 9.57 Å². The van der Waals surface area contributed by atoms with E-state index in [4.69, 9.17) is 5.73 Å². The molecular formula is C12H15FN2O3S. The third-order valence-corrected chi connectivity index (χ3v) is 3.97. The number of carbonyl (C=O) groups excluding carboxylic acids is 1. The molecule has 1 unspecified atom stereocenters. The maximum atomic E-state index is 12.6. The molecule has 1 fully saturated rings. The molecule has 0 aromatic heterocycles. The van der Waals surface area contributed by atoms with Crippen molar-refractivity contribution in [1.29, 1.82) is 0 Å². The van der Waals surface area contributed by atoms with Crippen LogP contribution in [0.5, 0.6) is 0 Å². The van der Waals surface area contributed by atoms with Gasteiger partial charge in [0.25, 0.3) is 0 Å². The van der Waals surface area contributed by atoms with Gasteiger partial charge in [-0.25, -0.2) is 0 Å². The van der Waals surface area contributed by atoms with Crippen LogP contribution in [0.3, 0.4) is 0 Å².